The molecule has 3 heterocycles. The average Bonchev–Trinajstić information content (AvgIpc) is 3.01. The largest absolute Gasteiger partial charge is 0.366 e. The van der Waals surface area contributed by atoms with E-state index >= 15 is 0 Å². The fourth-order valence-electron chi connectivity index (χ4n) is 3.03. The summed E-state index contributed by atoms with van der Waals surface area (Å²) in [6.07, 6.45) is 1.13. The zero-order valence-corrected chi connectivity index (χ0v) is 12.6. The lowest BCUT2D eigenvalue weighted by atomic mass is 10.1. The number of nitrogens with zero attached hydrogens (tertiary/aromatic N) is 2. The molecule has 0 aliphatic carbocycles. The molecule has 2 aromatic heterocycles. The van der Waals surface area contributed by atoms with E-state index in [4.69, 9.17) is 5.73 Å². The van der Waals surface area contributed by atoms with Crippen LogP contribution in [-0.2, 0) is 19.5 Å². The van der Waals surface area contributed by atoms with Crippen LogP contribution in [-0.4, -0.2) is 11.5 Å². The number of para-hydroxylation sites is 1. The number of aromatic nitrogens is 1. The lowest BCUT2D eigenvalue weighted by Crippen LogP contribution is -2.29. The molecule has 0 radical (unpaired) electrons. The first-order chi connectivity index (χ1) is 10.3. The minimum absolute atomic E-state index is 0.482. The van der Waals surface area contributed by atoms with Gasteiger partial charge in [-0.15, -0.1) is 11.3 Å². The highest BCUT2D eigenvalue weighted by Gasteiger charge is 2.19. The first-order valence-corrected chi connectivity index (χ1v) is 8.12. The maximum atomic E-state index is 5.82. The van der Waals surface area contributed by atoms with Gasteiger partial charge < -0.3 is 10.6 Å². The Kier molecular flexibility index (Phi) is 3.13. The normalized spacial score (nSPS) is 14.4. The van der Waals surface area contributed by atoms with E-state index in [1.165, 1.54) is 21.5 Å². The third kappa shape index (κ3) is 2.20. The predicted molar refractivity (Wildman–Crippen MR) is 88.7 cm³/mol. The highest BCUT2D eigenvalue weighted by Crippen LogP contribution is 2.32. The van der Waals surface area contributed by atoms with E-state index < -0.39 is 0 Å². The summed E-state index contributed by atoms with van der Waals surface area (Å²) in [6.45, 7) is 2.53. The molecule has 0 unspecified atom stereocenters. The Labute approximate surface area is 128 Å². The molecule has 3 aromatic rings. The molecule has 0 spiro atoms. The van der Waals surface area contributed by atoms with Gasteiger partial charge in [-0.1, -0.05) is 18.2 Å². The summed E-state index contributed by atoms with van der Waals surface area (Å²) in [5, 5.41) is 3.41. The Morgan fingerprint density at radius 1 is 1.24 bits per heavy atom. The quantitative estimate of drug-likeness (QED) is 0.788. The number of hydrogen-bond donors (Lipinski definition) is 1. The first kappa shape index (κ1) is 12.8. The molecule has 21 heavy (non-hydrogen) atoms. The summed E-state index contributed by atoms with van der Waals surface area (Å²) in [7, 11) is 0. The van der Waals surface area contributed by atoms with E-state index in [0.717, 1.165) is 30.7 Å². The molecule has 2 N–H and O–H groups in total. The fraction of sp³-hybridized carbons (Fsp3) is 0.235. The van der Waals surface area contributed by atoms with Crippen molar-refractivity contribution < 1.29 is 0 Å². The summed E-state index contributed by atoms with van der Waals surface area (Å²) in [5.74, 6) is 0. The molecule has 1 aliphatic rings. The third-order valence-corrected chi connectivity index (χ3v) is 5.13. The van der Waals surface area contributed by atoms with Gasteiger partial charge in [0.2, 0.25) is 0 Å². The van der Waals surface area contributed by atoms with Crippen molar-refractivity contribution in [3.8, 4) is 0 Å². The van der Waals surface area contributed by atoms with Crippen molar-refractivity contribution in [3.63, 3.8) is 0 Å². The van der Waals surface area contributed by atoms with Gasteiger partial charge in [0.15, 0.2) is 0 Å². The fourth-order valence-corrected chi connectivity index (χ4v) is 3.92. The minimum Gasteiger partial charge on any atom is -0.366 e. The lowest BCUT2D eigenvalue weighted by molar-refractivity contribution is 0.745. The van der Waals surface area contributed by atoms with E-state index in [2.05, 4.69) is 45.6 Å². The van der Waals surface area contributed by atoms with Gasteiger partial charge in [0, 0.05) is 35.6 Å². The van der Waals surface area contributed by atoms with Crippen LogP contribution >= 0.6 is 11.3 Å². The second kappa shape index (κ2) is 5.13. The average molecular weight is 295 g/mol. The van der Waals surface area contributed by atoms with Crippen molar-refractivity contribution in [2.75, 3.05) is 11.4 Å². The van der Waals surface area contributed by atoms with Gasteiger partial charge in [-0.25, -0.2) is 0 Å². The number of thiophene rings is 1. The summed E-state index contributed by atoms with van der Waals surface area (Å²) in [5.41, 5.74) is 10.5. The maximum Gasteiger partial charge on any atom is 0.0726 e. The van der Waals surface area contributed by atoms with Gasteiger partial charge in [-0.05, 0) is 35.6 Å². The molecule has 0 amide bonds. The number of rotatable bonds is 2. The van der Waals surface area contributed by atoms with Gasteiger partial charge in [0.1, 0.15) is 0 Å². The second-order valence-electron chi connectivity index (χ2n) is 5.39. The Hall–Kier alpha value is -1.91. The Balaban J connectivity index is 1.83. The SMILES string of the molecule is NCc1cc(N2CCc3sccc3C2)c2ccccc2n1. The molecule has 106 valence electrons. The summed E-state index contributed by atoms with van der Waals surface area (Å²) < 4.78 is 0. The van der Waals surface area contributed by atoms with Crippen molar-refractivity contribution in [1.29, 1.82) is 0 Å². The van der Waals surface area contributed by atoms with Crippen molar-refractivity contribution in [1.82, 2.24) is 4.98 Å². The van der Waals surface area contributed by atoms with Crippen LogP contribution in [0.25, 0.3) is 10.9 Å². The molecule has 4 heteroatoms. The van der Waals surface area contributed by atoms with Crippen LogP contribution < -0.4 is 10.6 Å². The molecule has 0 atom stereocenters. The van der Waals surface area contributed by atoms with Crippen molar-refractivity contribution in [2.24, 2.45) is 5.73 Å². The smallest absolute Gasteiger partial charge is 0.0726 e. The standard InChI is InChI=1S/C17H17N3S/c18-10-13-9-16(14-3-1-2-4-15(14)19-13)20-7-5-17-12(11-20)6-8-21-17/h1-4,6,8-9H,5,7,10-11,18H2. The van der Waals surface area contributed by atoms with Crippen LogP contribution in [0.1, 0.15) is 16.1 Å². The third-order valence-electron chi connectivity index (χ3n) is 4.10. The summed E-state index contributed by atoms with van der Waals surface area (Å²) in [4.78, 5) is 8.62. The number of hydrogen-bond acceptors (Lipinski definition) is 4. The maximum absolute atomic E-state index is 5.82. The first-order valence-electron chi connectivity index (χ1n) is 7.24. The Bertz CT molecular complexity index is 794. The van der Waals surface area contributed by atoms with Gasteiger partial charge in [0.05, 0.1) is 11.2 Å². The monoisotopic (exact) mass is 295 g/mol. The Morgan fingerprint density at radius 2 is 2.14 bits per heavy atom. The van der Waals surface area contributed by atoms with Crippen LogP contribution in [0, 0.1) is 0 Å². The zero-order valence-electron chi connectivity index (χ0n) is 11.7. The van der Waals surface area contributed by atoms with Crippen molar-refractivity contribution in [2.45, 2.75) is 19.5 Å². The molecular formula is C17H17N3S. The molecule has 0 saturated carbocycles. The summed E-state index contributed by atoms with van der Waals surface area (Å²) in [6, 6.07) is 12.7. The van der Waals surface area contributed by atoms with E-state index in [0.29, 0.717) is 6.54 Å². The van der Waals surface area contributed by atoms with E-state index in [9.17, 15) is 0 Å². The zero-order chi connectivity index (χ0) is 14.2. The number of nitrogens with two attached hydrogens (primary N) is 1. The number of pyridine rings is 1. The van der Waals surface area contributed by atoms with Crippen LogP contribution in [0.4, 0.5) is 5.69 Å². The minimum atomic E-state index is 0.482. The number of anilines is 1. The van der Waals surface area contributed by atoms with Crippen LogP contribution in [0.2, 0.25) is 0 Å². The molecule has 0 fully saturated rings. The highest BCUT2D eigenvalue weighted by molar-refractivity contribution is 7.10. The Morgan fingerprint density at radius 3 is 3.05 bits per heavy atom. The van der Waals surface area contributed by atoms with Crippen LogP contribution in [0.3, 0.4) is 0 Å². The highest BCUT2D eigenvalue weighted by atomic mass is 32.1. The van der Waals surface area contributed by atoms with Crippen LogP contribution in [0.5, 0.6) is 0 Å². The summed E-state index contributed by atoms with van der Waals surface area (Å²) >= 11 is 1.87. The molecule has 4 rings (SSSR count). The van der Waals surface area contributed by atoms with Gasteiger partial charge in [-0.2, -0.15) is 0 Å². The molecule has 0 saturated heterocycles. The predicted octanol–water partition coefficient (Wildman–Crippen LogP) is 3.32. The second-order valence-corrected chi connectivity index (χ2v) is 6.40. The lowest BCUT2D eigenvalue weighted by Gasteiger charge is -2.30. The van der Waals surface area contributed by atoms with Gasteiger partial charge >= 0.3 is 0 Å². The van der Waals surface area contributed by atoms with E-state index in [-0.39, 0.29) is 0 Å². The topological polar surface area (TPSA) is 42.1 Å². The van der Waals surface area contributed by atoms with Crippen molar-refractivity contribution in [3.05, 3.63) is 57.9 Å². The molecule has 0 bridgehead atoms. The van der Waals surface area contributed by atoms with Gasteiger partial charge in [-0.3, -0.25) is 4.98 Å². The molecule has 1 aromatic carbocycles. The number of benzene rings is 1. The van der Waals surface area contributed by atoms with Gasteiger partial charge in [0.25, 0.3) is 0 Å². The molecular weight excluding hydrogens is 278 g/mol. The molecule has 1 aliphatic heterocycles. The van der Waals surface area contributed by atoms with E-state index in [1.807, 2.05) is 17.4 Å². The van der Waals surface area contributed by atoms with E-state index in [1.54, 1.807) is 0 Å². The van der Waals surface area contributed by atoms with Crippen molar-refractivity contribution >= 4 is 27.9 Å². The van der Waals surface area contributed by atoms with Crippen LogP contribution in [0.15, 0.2) is 41.8 Å². The number of fused-ring (bicyclic) bond motifs is 2. The molecule has 3 nitrogen and oxygen atoms in total.